The Kier molecular flexibility index (Phi) is 8.44. The van der Waals surface area contributed by atoms with Crippen molar-refractivity contribution < 1.29 is 52.0 Å². The van der Waals surface area contributed by atoms with E-state index in [1.807, 2.05) is 0 Å². The molecule has 35 heavy (non-hydrogen) atoms. The second-order valence-electron chi connectivity index (χ2n) is 7.17. The average molecular weight is 542 g/mol. The molecule has 0 aromatic carbocycles. The van der Waals surface area contributed by atoms with Gasteiger partial charge in [-0.15, -0.1) is 0 Å². The highest BCUT2D eigenvalue weighted by atomic mass is 31.3. The van der Waals surface area contributed by atoms with Crippen LogP contribution in [0.2, 0.25) is 0 Å². The highest BCUT2D eigenvalue weighted by Crippen LogP contribution is 2.60. The van der Waals surface area contributed by atoms with E-state index in [-0.39, 0.29) is 36.0 Å². The monoisotopic (exact) mass is 542 g/mol. The molecular weight excluding hydrogens is 518 g/mol. The van der Waals surface area contributed by atoms with E-state index < -0.39 is 59.0 Å². The van der Waals surface area contributed by atoms with Gasteiger partial charge in [-0.25, -0.2) is 14.1 Å². The van der Waals surface area contributed by atoms with E-state index in [1.165, 1.54) is 0 Å². The summed E-state index contributed by atoms with van der Waals surface area (Å²) >= 11 is 0. The SMILES string of the molecule is CCC(=O)NCCOP(=O)(O)OP(=O)(O)OC[C@H]1O[C@@H](n2cnc3c(=O)[nH]c(N)nc32)[C@H](O)[C@@H]1O. The third-order valence-electron chi connectivity index (χ3n) is 4.67. The molecule has 1 aliphatic heterocycles. The fourth-order valence-corrected chi connectivity index (χ4v) is 5.13. The normalized spacial score (nSPS) is 25.9. The van der Waals surface area contributed by atoms with Crippen LogP contribution in [0.25, 0.3) is 11.2 Å². The molecule has 6 atom stereocenters. The molecule has 3 rings (SSSR count). The third kappa shape index (κ3) is 6.71. The number of hydrogen-bond acceptors (Lipinski definition) is 13. The zero-order chi connectivity index (χ0) is 26.0. The van der Waals surface area contributed by atoms with Gasteiger partial charge in [0.2, 0.25) is 11.9 Å². The number of ether oxygens (including phenoxy) is 1. The number of phosphoric acid groups is 2. The molecular formula is C15H24N6O12P2. The second kappa shape index (κ2) is 10.8. The molecule has 0 aliphatic carbocycles. The molecule has 2 aromatic heterocycles. The third-order valence-corrected chi connectivity index (χ3v) is 7.31. The lowest BCUT2D eigenvalue weighted by Gasteiger charge is -2.19. The van der Waals surface area contributed by atoms with Gasteiger partial charge in [0.25, 0.3) is 5.56 Å². The lowest BCUT2D eigenvalue weighted by molar-refractivity contribution is -0.120. The molecule has 1 aliphatic rings. The van der Waals surface area contributed by atoms with E-state index in [9.17, 15) is 38.7 Å². The largest absolute Gasteiger partial charge is 0.481 e. The van der Waals surface area contributed by atoms with Crippen molar-refractivity contribution in [2.24, 2.45) is 0 Å². The summed E-state index contributed by atoms with van der Waals surface area (Å²) in [6, 6.07) is 0. The van der Waals surface area contributed by atoms with Crippen molar-refractivity contribution in [2.45, 2.75) is 37.9 Å². The number of aromatic amines is 1. The molecule has 0 radical (unpaired) electrons. The molecule has 0 spiro atoms. The first-order chi connectivity index (χ1) is 16.3. The van der Waals surface area contributed by atoms with Crippen molar-refractivity contribution in [3.8, 4) is 0 Å². The number of nitrogens with one attached hydrogen (secondary N) is 2. The summed E-state index contributed by atoms with van der Waals surface area (Å²) in [6.07, 6.45) is -4.75. The Hall–Kier alpha value is -2.24. The maximum absolute atomic E-state index is 12.1. The fourth-order valence-electron chi connectivity index (χ4n) is 3.05. The van der Waals surface area contributed by atoms with Crippen molar-refractivity contribution in [2.75, 3.05) is 25.5 Å². The van der Waals surface area contributed by atoms with Gasteiger partial charge in [-0.3, -0.25) is 28.2 Å². The smallest absolute Gasteiger partial charge is 0.387 e. The molecule has 196 valence electrons. The number of anilines is 1. The molecule has 1 fully saturated rings. The first kappa shape index (κ1) is 27.3. The second-order valence-corrected chi connectivity index (χ2v) is 10.2. The van der Waals surface area contributed by atoms with Crippen molar-refractivity contribution in [3.63, 3.8) is 0 Å². The number of carbonyl (C=O) groups excluding carboxylic acids is 1. The zero-order valence-corrected chi connectivity index (χ0v) is 19.9. The van der Waals surface area contributed by atoms with E-state index in [1.54, 1.807) is 6.92 Å². The molecule has 0 saturated carbocycles. The minimum atomic E-state index is -5.21. The van der Waals surface area contributed by atoms with Crippen LogP contribution in [0.5, 0.6) is 0 Å². The maximum Gasteiger partial charge on any atom is 0.481 e. The summed E-state index contributed by atoms with van der Waals surface area (Å²) < 4.78 is 43.8. The van der Waals surface area contributed by atoms with Gasteiger partial charge in [-0.1, -0.05) is 6.92 Å². The Balaban J connectivity index is 1.60. The number of nitrogens with two attached hydrogens (primary N) is 1. The average Bonchev–Trinajstić information content (AvgIpc) is 3.30. The van der Waals surface area contributed by atoms with E-state index in [2.05, 4.69) is 33.6 Å². The van der Waals surface area contributed by atoms with Gasteiger partial charge in [0, 0.05) is 13.0 Å². The Morgan fingerprint density at radius 1 is 1.29 bits per heavy atom. The summed E-state index contributed by atoms with van der Waals surface area (Å²) in [7, 11) is -10.3. The summed E-state index contributed by atoms with van der Waals surface area (Å²) in [6.45, 7) is 0.0665. The van der Waals surface area contributed by atoms with Crippen LogP contribution in [-0.2, 0) is 32.0 Å². The van der Waals surface area contributed by atoms with Gasteiger partial charge in [-0.2, -0.15) is 9.29 Å². The topological polar surface area (TPSA) is 271 Å². The molecule has 8 N–H and O–H groups in total. The standard InChI is InChI=1S/C15H24N6O12P2/c1-2-8(22)17-3-4-30-34(26,27)33-35(28,29)31-5-7-10(23)11(24)14(32-7)21-6-18-9-12(21)19-15(16)20-13(9)25/h6-7,10-11,14,23-24H,2-5H2,1H3,(H,17,22)(H,26,27)(H,28,29)(H3,16,19,20,25)/t7-,10-,11-,14-/m1/s1. The van der Waals surface area contributed by atoms with Gasteiger partial charge in [-0.05, 0) is 0 Å². The molecule has 2 aromatic rings. The predicted molar refractivity (Wildman–Crippen MR) is 114 cm³/mol. The van der Waals surface area contributed by atoms with Crippen LogP contribution in [0.1, 0.15) is 19.6 Å². The number of phosphoric ester groups is 2. The molecule has 1 saturated heterocycles. The summed E-state index contributed by atoms with van der Waals surface area (Å²) in [5, 5.41) is 23.0. The van der Waals surface area contributed by atoms with Crippen LogP contribution >= 0.6 is 15.6 Å². The summed E-state index contributed by atoms with van der Waals surface area (Å²) in [4.78, 5) is 52.4. The minimum absolute atomic E-state index is 0.0614. The van der Waals surface area contributed by atoms with E-state index in [4.69, 9.17) is 10.5 Å². The number of H-pyrrole nitrogens is 1. The molecule has 3 heterocycles. The number of nitrogens with zero attached hydrogens (tertiary/aromatic N) is 3. The maximum atomic E-state index is 12.1. The molecule has 1 amide bonds. The first-order valence-electron chi connectivity index (χ1n) is 10.00. The number of fused-ring (bicyclic) bond motifs is 1. The number of amides is 1. The Bertz CT molecular complexity index is 1220. The number of aromatic nitrogens is 4. The highest BCUT2D eigenvalue weighted by molar-refractivity contribution is 7.61. The summed E-state index contributed by atoms with van der Waals surface area (Å²) in [5.74, 6) is -0.581. The lowest BCUT2D eigenvalue weighted by atomic mass is 10.1. The van der Waals surface area contributed by atoms with E-state index in [0.717, 1.165) is 10.9 Å². The minimum Gasteiger partial charge on any atom is -0.387 e. The first-order valence-corrected chi connectivity index (χ1v) is 13.0. The Morgan fingerprint density at radius 3 is 2.66 bits per heavy atom. The van der Waals surface area contributed by atoms with Gasteiger partial charge >= 0.3 is 15.6 Å². The number of imidazole rings is 1. The molecule has 0 bridgehead atoms. The number of aliphatic hydroxyl groups is 2. The number of nitrogen functional groups attached to an aromatic ring is 1. The number of hydrogen-bond donors (Lipinski definition) is 7. The van der Waals surface area contributed by atoms with E-state index in [0.29, 0.717) is 0 Å². The quantitative estimate of drug-likeness (QED) is 0.121. The van der Waals surface area contributed by atoms with Crippen molar-refractivity contribution in [3.05, 3.63) is 16.7 Å². The Labute approximate surface area is 196 Å². The zero-order valence-electron chi connectivity index (χ0n) is 18.1. The molecule has 2 unspecified atom stereocenters. The van der Waals surface area contributed by atoms with Crippen LogP contribution in [0.3, 0.4) is 0 Å². The van der Waals surface area contributed by atoms with Crippen molar-refractivity contribution in [1.29, 1.82) is 0 Å². The van der Waals surface area contributed by atoms with Crippen LogP contribution < -0.4 is 16.6 Å². The van der Waals surface area contributed by atoms with Crippen LogP contribution in [0, 0.1) is 0 Å². The Morgan fingerprint density at radius 2 is 1.97 bits per heavy atom. The van der Waals surface area contributed by atoms with Crippen molar-refractivity contribution in [1.82, 2.24) is 24.8 Å². The summed E-state index contributed by atoms with van der Waals surface area (Å²) in [5.41, 5.74) is 4.69. The lowest BCUT2D eigenvalue weighted by Crippen LogP contribution is -2.33. The molecule has 18 nitrogen and oxygen atoms in total. The predicted octanol–water partition coefficient (Wildman–Crippen LogP) is -1.90. The van der Waals surface area contributed by atoms with Crippen LogP contribution in [-0.4, -0.2) is 83.5 Å². The fraction of sp³-hybridized carbons (Fsp3) is 0.600. The molecule has 20 heteroatoms. The van der Waals surface area contributed by atoms with Gasteiger partial charge in [0.15, 0.2) is 17.4 Å². The number of aliphatic hydroxyl groups excluding tert-OH is 2. The number of carbonyl (C=O) groups is 1. The van der Waals surface area contributed by atoms with Gasteiger partial charge in [0.1, 0.15) is 18.3 Å². The van der Waals surface area contributed by atoms with Crippen LogP contribution in [0.4, 0.5) is 5.95 Å². The van der Waals surface area contributed by atoms with E-state index >= 15 is 0 Å². The number of rotatable bonds is 11. The van der Waals surface area contributed by atoms with Gasteiger partial charge in [0.05, 0.1) is 19.5 Å². The van der Waals surface area contributed by atoms with Crippen LogP contribution in [0.15, 0.2) is 11.1 Å². The van der Waals surface area contributed by atoms with Gasteiger partial charge < -0.3 is 35.8 Å². The van der Waals surface area contributed by atoms with Crippen molar-refractivity contribution >= 4 is 38.7 Å². The highest BCUT2D eigenvalue weighted by Gasteiger charge is 2.46.